The summed E-state index contributed by atoms with van der Waals surface area (Å²) in [6.07, 6.45) is 2.76. The summed E-state index contributed by atoms with van der Waals surface area (Å²) in [5, 5.41) is 3.44. The predicted molar refractivity (Wildman–Crippen MR) is 50.8 cm³/mol. The first-order valence-electron chi connectivity index (χ1n) is 5.20. The summed E-state index contributed by atoms with van der Waals surface area (Å²) >= 11 is 0. The van der Waals surface area contributed by atoms with Gasteiger partial charge >= 0.3 is 0 Å². The molecule has 13 heavy (non-hydrogen) atoms. The maximum absolute atomic E-state index is 6.04. The van der Waals surface area contributed by atoms with E-state index < -0.39 is 0 Å². The summed E-state index contributed by atoms with van der Waals surface area (Å²) in [7, 11) is 0. The van der Waals surface area contributed by atoms with Crippen molar-refractivity contribution in [2.24, 2.45) is 0 Å². The SMILES string of the molecule is C[C@H]1C[C@@]2(CCO1)CNC[C@H](C)O2. The minimum absolute atomic E-state index is 0.0648. The molecule has 0 aromatic heterocycles. The number of rotatable bonds is 0. The maximum atomic E-state index is 6.04. The molecule has 2 saturated heterocycles. The van der Waals surface area contributed by atoms with Crippen LogP contribution in [0.1, 0.15) is 26.7 Å². The predicted octanol–water partition coefficient (Wildman–Crippen LogP) is 0.932. The first-order valence-corrected chi connectivity index (χ1v) is 5.20. The van der Waals surface area contributed by atoms with Gasteiger partial charge in [-0.25, -0.2) is 0 Å². The topological polar surface area (TPSA) is 30.5 Å². The second-order valence-corrected chi connectivity index (χ2v) is 4.38. The molecule has 76 valence electrons. The van der Waals surface area contributed by atoms with Crippen LogP contribution in [0.3, 0.4) is 0 Å². The number of nitrogens with one attached hydrogen (secondary N) is 1. The lowest BCUT2D eigenvalue weighted by Gasteiger charge is -2.45. The Balaban J connectivity index is 2.00. The molecular weight excluding hydrogens is 166 g/mol. The lowest BCUT2D eigenvalue weighted by atomic mass is 9.89. The summed E-state index contributed by atoms with van der Waals surface area (Å²) < 4.78 is 11.6. The minimum atomic E-state index is 0.0648. The van der Waals surface area contributed by atoms with Gasteiger partial charge in [-0.2, -0.15) is 0 Å². The molecule has 1 spiro atoms. The van der Waals surface area contributed by atoms with Gasteiger partial charge in [-0.1, -0.05) is 0 Å². The zero-order valence-corrected chi connectivity index (χ0v) is 8.51. The maximum Gasteiger partial charge on any atom is 0.0856 e. The van der Waals surface area contributed by atoms with Gasteiger partial charge in [0.25, 0.3) is 0 Å². The number of hydrogen-bond donors (Lipinski definition) is 1. The van der Waals surface area contributed by atoms with Crippen LogP contribution in [-0.2, 0) is 9.47 Å². The van der Waals surface area contributed by atoms with Gasteiger partial charge in [0.1, 0.15) is 0 Å². The average Bonchev–Trinajstić information content (AvgIpc) is 2.02. The van der Waals surface area contributed by atoms with Crippen LogP contribution in [0.4, 0.5) is 0 Å². The van der Waals surface area contributed by atoms with Crippen molar-refractivity contribution >= 4 is 0 Å². The van der Waals surface area contributed by atoms with E-state index in [1.807, 2.05) is 0 Å². The zero-order chi connectivity index (χ0) is 9.31. The first-order chi connectivity index (χ1) is 6.20. The first kappa shape index (κ1) is 9.44. The second kappa shape index (κ2) is 3.56. The van der Waals surface area contributed by atoms with Gasteiger partial charge in [-0.05, 0) is 13.8 Å². The Hall–Kier alpha value is -0.120. The molecule has 0 saturated carbocycles. The van der Waals surface area contributed by atoms with Crippen LogP contribution in [0.15, 0.2) is 0 Å². The number of ether oxygens (including phenoxy) is 2. The standard InChI is InChI=1S/C10H19NO2/c1-8-5-10(3-4-12-8)7-11-6-9(2)13-10/h8-9,11H,3-7H2,1-2H3/t8-,9-,10-/m0/s1. The average molecular weight is 185 g/mol. The highest BCUT2D eigenvalue weighted by Crippen LogP contribution is 2.30. The van der Waals surface area contributed by atoms with Crippen LogP contribution in [0.2, 0.25) is 0 Å². The largest absolute Gasteiger partial charge is 0.378 e. The fourth-order valence-electron chi connectivity index (χ4n) is 2.41. The summed E-state index contributed by atoms with van der Waals surface area (Å²) in [5.74, 6) is 0. The Morgan fingerprint density at radius 1 is 1.31 bits per heavy atom. The Bertz CT molecular complexity index is 164. The van der Waals surface area contributed by atoms with Crippen LogP contribution < -0.4 is 5.32 Å². The van der Waals surface area contributed by atoms with Gasteiger partial charge in [-0.15, -0.1) is 0 Å². The van der Waals surface area contributed by atoms with Gasteiger partial charge in [0.15, 0.2) is 0 Å². The lowest BCUT2D eigenvalue weighted by molar-refractivity contribution is -0.169. The van der Waals surface area contributed by atoms with Crippen molar-refractivity contribution in [1.82, 2.24) is 5.32 Å². The van der Waals surface area contributed by atoms with Crippen molar-refractivity contribution in [2.75, 3.05) is 19.7 Å². The van der Waals surface area contributed by atoms with E-state index >= 15 is 0 Å². The molecule has 0 amide bonds. The summed E-state index contributed by atoms with van der Waals surface area (Å²) in [6.45, 7) is 7.08. The lowest BCUT2D eigenvalue weighted by Crippen LogP contribution is -2.56. The van der Waals surface area contributed by atoms with E-state index in [9.17, 15) is 0 Å². The molecule has 0 aliphatic carbocycles. The fraction of sp³-hybridized carbons (Fsp3) is 1.00. The van der Waals surface area contributed by atoms with Crippen molar-refractivity contribution in [3.05, 3.63) is 0 Å². The summed E-state index contributed by atoms with van der Waals surface area (Å²) in [4.78, 5) is 0. The zero-order valence-electron chi connectivity index (χ0n) is 8.51. The van der Waals surface area contributed by atoms with E-state index in [1.165, 1.54) is 0 Å². The molecule has 0 unspecified atom stereocenters. The van der Waals surface area contributed by atoms with Gasteiger partial charge < -0.3 is 14.8 Å². The highest BCUT2D eigenvalue weighted by Gasteiger charge is 2.39. The molecule has 0 aromatic carbocycles. The third kappa shape index (κ3) is 2.03. The van der Waals surface area contributed by atoms with Gasteiger partial charge in [0.05, 0.1) is 17.8 Å². The van der Waals surface area contributed by atoms with Crippen molar-refractivity contribution in [3.8, 4) is 0 Å². The molecular formula is C10H19NO2. The van der Waals surface area contributed by atoms with Crippen LogP contribution in [0.5, 0.6) is 0 Å². The molecule has 2 aliphatic rings. The molecule has 3 nitrogen and oxygen atoms in total. The van der Waals surface area contributed by atoms with E-state index in [1.54, 1.807) is 0 Å². The van der Waals surface area contributed by atoms with E-state index in [2.05, 4.69) is 19.2 Å². The molecule has 2 rings (SSSR count). The molecule has 0 radical (unpaired) electrons. The van der Waals surface area contributed by atoms with E-state index in [-0.39, 0.29) is 5.60 Å². The van der Waals surface area contributed by atoms with E-state index in [4.69, 9.17) is 9.47 Å². The summed E-state index contributed by atoms with van der Waals surface area (Å²) in [6, 6.07) is 0. The van der Waals surface area contributed by atoms with Gasteiger partial charge in [-0.3, -0.25) is 0 Å². The molecule has 0 aromatic rings. The smallest absolute Gasteiger partial charge is 0.0856 e. The molecule has 3 atom stereocenters. The Morgan fingerprint density at radius 3 is 2.85 bits per heavy atom. The molecule has 2 aliphatic heterocycles. The monoisotopic (exact) mass is 185 g/mol. The van der Waals surface area contributed by atoms with Crippen molar-refractivity contribution in [3.63, 3.8) is 0 Å². The van der Waals surface area contributed by atoms with Crippen LogP contribution in [-0.4, -0.2) is 37.5 Å². The normalized spacial score (nSPS) is 46.6. The molecule has 3 heteroatoms. The highest BCUT2D eigenvalue weighted by molar-refractivity contribution is 4.92. The van der Waals surface area contributed by atoms with Crippen molar-refractivity contribution < 1.29 is 9.47 Å². The third-order valence-electron chi connectivity index (χ3n) is 2.95. The molecule has 1 N–H and O–H groups in total. The second-order valence-electron chi connectivity index (χ2n) is 4.38. The Labute approximate surface area is 79.8 Å². The fourth-order valence-corrected chi connectivity index (χ4v) is 2.41. The minimum Gasteiger partial charge on any atom is -0.378 e. The van der Waals surface area contributed by atoms with Crippen LogP contribution >= 0.6 is 0 Å². The highest BCUT2D eigenvalue weighted by atomic mass is 16.5. The summed E-state index contributed by atoms with van der Waals surface area (Å²) in [5.41, 5.74) is 0.0648. The van der Waals surface area contributed by atoms with E-state index in [0.29, 0.717) is 12.2 Å². The van der Waals surface area contributed by atoms with Crippen LogP contribution in [0.25, 0.3) is 0 Å². The Morgan fingerprint density at radius 2 is 2.15 bits per heavy atom. The molecule has 2 heterocycles. The molecule has 0 bridgehead atoms. The van der Waals surface area contributed by atoms with Crippen molar-refractivity contribution in [2.45, 2.75) is 44.5 Å². The van der Waals surface area contributed by atoms with Gasteiger partial charge in [0.2, 0.25) is 0 Å². The Kier molecular flexibility index (Phi) is 2.58. The number of morpholine rings is 1. The van der Waals surface area contributed by atoms with E-state index in [0.717, 1.165) is 32.5 Å². The van der Waals surface area contributed by atoms with Crippen molar-refractivity contribution in [1.29, 1.82) is 0 Å². The molecule has 2 fully saturated rings. The number of hydrogen-bond acceptors (Lipinski definition) is 3. The third-order valence-corrected chi connectivity index (χ3v) is 2.95. The quantitative estimate of drug-likeness (QED) is 0.609. The van der Waals surface area contributed by atoms with Gasteiger partial charge in [0, 0.05) is 32.5 Å². The van der Waals surface area contributed by atoms with Crippen LogP contribution in [0, 0.1) is 0 Å².